The standard InChI is InChI=1S/C15H20N4O2S/c1-11-16-5-7-19(11)12-4-3-6-18(8-12)15(20)13-10-22-14(17-13)9-21-2/h5,7,10,12H,3-4,6,8-9H2,1-2H3/t12-/m0/s1. The number of carbonyl (C=O) groups excluding carboxylic acids is 1. The van der Waals surface area contributed by atoms with Crippen LogP contribution >= 0.6 is 11.3 Å². The van der Waals surface area contributed by atoms with E-state index < -0.39 is 0 Å². The molecule has 0 aromatic carbocycles. The first-order valence-electron chi connectivity index (χ1n) is 7.41. The molecule has 118 valence electrons. The lowest BCUT2D eigenvalue weighted by molar-refractivity contribution is 0.0672. The molecule has 1 fully saturated rings. The summed E-state index contributed by atoms with van der Waals surface area (Å²) < 4.78 is 7.22. The lowest BCUT2D eigenvalue weighted by Crippen LogP contribution is -2.41. The van der Waals surface area contributed by atoms with Crippen LogP contribution in [0.2, 0.25) is 0 Å². The van der Waals surface area contributed by atoms with E-state index in [1.165, 1.54) is 11.3 Å². The highest BCUT2D eigenvalue weighted by Gasteiger charge is 2.27. The van der Waals surface area contributed by atoms with Gasteiger partial charge in [-0.2, -0.15) is 0 Å². The molecule has 2 aromatic rings. The fourth-order valence-electron chi connectivity index (χ4n) is 2.90. The summed E-state index contributed by atoms with van der Waals surface area (Å²) in [5.74, 6) is 1.01. The Balaban J connectivity index is 1.71. The molecule has 1 aliphatic rings. The Morgan fingerprint density at radius 1 is 1.55 bits per heavy atom. The molecule has 0 spiro atoms. The third kappa shape index (κ3) is 3.05. The largest absolute Gasteiger partial charge is 0.378 e. The van der Waals surface area contributed by atoms with Gasteiger partial charge in [0.25, 0.3) is 5.91 Å². The van der Waals surface area contributed by atoms with Crippen LogP contribution in [-0.4, -0.2) is 45.5 Å². The molecule has 0 aliphatic carbocycles. The van der Waals surface area contributed by atoms with Gasteiger partial charge in [0.15, 0.2) is 0 Å². The summed E-state index contributed by atoms with van der Waals surface area (Å²) in [5.41, 5.74) is 0.528. The van der Waals surface area contributed by atoms with Crippen molar-refractivity contribution in [2.45, 2.75) is 32.4 Å². The Kier molecular flexibility index (Phi) is 4.54. The average molecular weight is 320 g/mol. The van der Waals surface area contributed by atoms with Crippen molar-refractivity contribution < 1.29 is 9.53 Å². The number of carbonyl (C=O) groups is 1. The van der Waals surface area contributed by atoms with E-state index in [1.807, 2.05) is 29.6 Å². The SMILES string of the molecule is COCc1nc(C(=O)N2CCC[C@H](n3ccnc3C)C2)cs1. The number of hydrogen-bond donors (Lipinski definition) is 0. The molecule has 22 heavy (non-hydrogen) atoms. The number of hydrogen-bond acceptors (Lipinski definition) is 5. The van der Waals surface area contributed by atoms with Gasteiger partial charge < -0.3 is 14.2 Å². The molecule has 0 saturated carbocycles. The number of piperidine rings is 1. The van der Waals surface area contributed by atoms with Crippen LogP contribution in [0.15, 0.2) is 17.8 Å². The van der Waals surface area contributed by atoms with Gasteiger partial charge in [0.1, 0.15) is 16.5 Å². The molecular formula is C15H20N4O2S. The number of imidazole rings is 1. The van der Waals surface area contributed by atoms with Crippen molar-refractivity contribution in [1.29, 1.82) is 0 Å². The molecule has 7 heteroatoms. The average Bonchev–Trinajstić information content (AvgIpc) is 3.16. The number of methoxy groups -OCH3 is 1. The molecule has 3 rings (SSSR count). The molecule has 1 amide bonds. The molecule has 0 unspecified atom stereocenters. The minimum atomic E-state index is 0.0149. The monoisotopic (exact) mass is 320 g/mol. The summed E-state index contributed by atoms with van der Waals surface area (Å²) >= 11 is 1.47. The number of rotatable bonds is 4. The second kappa shape index (κ2) is 6.58. The molecule has 1 aliphatic heterocycles. The Morgan fingerprint density at radius 3 is 3.14 bits per heavy atom. The third-order valence-corrected chi connectivity index (χ3v) is 4.80. The lowest BCUT2D eigenvalue weighted by atomic mass is 10.1. The third-order valence-electron chi connectivity index (χ3n) is 3.98. The van der Waals surface area contributed by atoms with Crippen LogP contribution in [0.4, 0.5) is 0 Å². The molecule has 3 heterocycles. The van der Waals surface area contributed by atoms with Gasteiger partial charge in [0, 0.05) is 38.0 Å². The molecule has 1 saturated heterocycles. The zero-order chi connectivity index (χ0) is 15.5. The van der Waals surface area contributed by atoms with Crippen molar-refractivity contribution in [1.82, 2.24) is 19.4 Å². The van der Waals surface area contributed by atoms with Gasteiger partial charge in [0.2, 0.25) is 0 Å². The molecule has 6 nitrogen and oxygen atoms in total. The summed E-state index contributed by atoms with van der Waals surface area (Å²) in [7, 11) is 1.63. The number of aromatic nitrogens is 3. The van der Waals surface area contributed by atoms with Crippen LogP contribution in [0.25, 0.3) is 0 Å². The quantitative estimate of drug-likeness (QED) is 0.867. The van der Waals surface area contributed by atoms with Gasteiger partial charge in [-0.05, 0) is 19.8 Å². The minimum Gasteiger partial charge on any atom is -0.378 e. The number of ether oxygens (including phenoxy) is 1. The van der Waals surface area contributed by atoms with Gasteiger partial charge in [-0.1, -0.05) is 0 Å². The number of aryl methyl sites for hydroxylation is 1. The van der Waals surface area contributed by atoms with Crippen LogP contribution in [0.5, 0.6) is 0 Å². The van der Waals surface area contributed by atoms with Crippen molar-refractivity contribution in [3.8, 4) is 0 Å². The van der Waals surface area contributed by atoms with Crippen LogP contribution in [0.3, 0.4) is 0 Å². The van der Waals surface area contributed by atoms with Gasteiger partial charge in [-0.15, -0.1) is 11.3 Å². The maximum absolute atomic E-state index is 12.6. The molecule has 0 N–H and O–H groups in total. The van der Waals surface area contributed by atoms with Crippen molar-refractivity contribution >= 4 is 17.2 Å². The van der Waals surface area contributed by atoms with Gasteiger partial charge in [-0.25, -0.2) is 9.97 Å². The highest BCUT2D eigenvalue weighted by Crippen LogP contribution is 2.24. The second-order valence-corrected chi connectivity index (χ2v) is 6.43. The lowest BCUT2D eigenvalue weighted by Gasteiger charge is -2.33. The van der Waals surface area contributed by atoms with E-state index >= 15 is 0 Å². The predicted octanol–water partition coefficient (Wildman–Crippen LogP) is 2.27. The molecular weight excluding hydrogens is 300 g/mol. The maximum Gasteiger partial charge on any atom is 0.273 e. The maximum atomic E-state index is 12.6. The van der Waals surface area contributed by atoms with Crippen LogP contribution in [0.1, 0.15) is 40.2 Å². The fraction of sp³-hybridized carbons (Fsp3) is 0.533. The number of amides is 1. The Morgan fingerprint density at radius 2 is 2.41 bits per heavy atom. The Hall–Kier alpha value is -1.73. The van der Waals surface area contributed by atoms with Gasteiger partial charge in [0.05, 0.1) is 12.6 Å². The van der Waals surface area contributed by atoms with Crippen molar-refractivity contribution in [3.05, 3.63) is 34.3 Å². The van der Waals surface area contributed by atoms with E-state index in [-0.39, 0.29) is 5.91 Å². The van der Waals surface area contributed by atoms with Crippen molar-refractivity contribution in [3.63, 3.8) is 0 Å². The van der Waals surface area contributed by atoms with E-state index in [0.717, 1.165) is 30.2 Å². The number of likely N-dealkylation sites (tertiary alicyclic amines) is 1. The normalized spacial score (nSPS) is 18.6. The van der Waals surface area contributed by atoms with Crippen LogP contribution in [0, 0.1) is 6.92 Å². The van der Waals surface area contributed by atoms with E-state index in [2.05, 4.69) is 14.5 Å². The summed E-state index contributed by atoms with van der Waals surface area (Å²) in [6.45, 7) is 3.96. The molecule has 0 bridgehead atoms. The zero-order valence-corrected chi connectivity index (χ0v) is 13.7. The van der Waals surface area contributed by atoms with E-state index in [1.54, 1.807) is 7.11 Å². The van der Waals surface area contributed by atoms with E-state index in [0.29, 0.717) is 24.9 Å². The Bertz CT molecular complexity index is 652. The van der Waals surface area contributed by atoms with E-state index in [4.69, 9.17) is 4.74 Å². The van der Waals surface area contributed by atoms with Gasteiger partial charge in [-0.3, -0.25) is 4.79 Å². The summed E-state index contributed by atoms with van der Waals surface area (Å²) in [6, 6.07) is 0.303. The minimum absolute atomic E-state index is 0.0149. The van der Waals surface area contributed by atoms with Gasteiger partial charge >= 0.3 is 0 Å². The summed E-state index contributed by atoms with van der Waals surface area (Å²) in [5, 5.41) is 2.66. The first-order chi connectivity index (χ1) is 10.7. The second-order valence-electron chi connectivity index (χ2n) is 5.49. The van der Waals surface area contributed by atoms with Crippen LogP contribution < -0.4 is 0 Å². The zero-order valence-electron chi connectivity index (χ0n) is 12.9. The summed E-state index contributed by atoms with van der Waals surface area (Å²) in [6.07, 6.45) is 5.89. The summed E-state index contributed by atoms with van der Waals surface area (Å²) in [4.78, 5) is 23.2. The van der Waals surface area contributed by atoms with E-state index in [9.17, 15) is 4.79 Å². The Labute approximate surface area is 133 Å². The first kappa shape index (κ1) is 15.2. The smallest absolute Gasteiger partial charge is 0.273 e. The molecule has 2 aromatic heterocycles. The van der Waals surface area contributed by atoms with Crippen molar-refractivity contribution in [2.75, 3.05) is 20.2 Å². The topological polar surface area (TPSA) is 60.2 Å². The molecule has 0 radical (unpaired) electrons. The highest BCUT2D eigenvalue weighted by atomic mass is 32.1. The molecule has 1 atom stereocenters. The number of thiazole rings is 1. The fourth-order valence-corrected chi connectivity index (χ4v) is 3.64. The number of nitrogens with zero attached hydrogens (tertiary/aromatic N) is 4. The predicted molar refractivity (Wildman–Crippen MR) is 84.0 cm³/mol. The van der Waals surface area contributed by atoms with Crippen molar-refractivity contribution in [2.24, 2.45) is 0 Å². The first-order valence-corrected chi connectivity index (χ1v) is 8.29. The van der Waals surface area contributed by atoms with Crippen LogP contribution in [-0.2, 0) is 11.3 Å². The highest BCUT2D eigenvalue weighted by molar-refractivity contribution is 7.09.